The fourth-order valence-electron chi connectivity index (χ4n) is 1.36. The monoisotopic (exact) mass is 350 g/mol. The van der Waals surface area contributed by atoms with E-state index in [0.717, 1.165) is 4.47 Å². The summed E-state index contributed by atoms with van der Waals surface area (Å²) >= 11 is 5.02. The smallest absolute Gasteiger partial charge is 0.271 e. The van der Waals surface area contributed by atoms with Gasteiger partial charge in [0.05, 0.1) is 6.54 Å². The van der Waals surface area contributed by atoms with Crippen molar-refractivity contribution in [2.24, 2.45) is 5.14 Å². The molecule has 2 aromatic heterocycles. The van der Waals surface area contributed by atoms with Crippen molar-refractivity contribution in [3.05, 3.63) is 38.7 Å². The normalized spacial score (nSPS) is 11.9. The Kier molecular flexibility index (Phi) is 4.23. The molecule has 2 aromatic rings. The van der Waals surface area contributed by atoms with Gasteiger partial charge in [0.2, 0.25) is 5.09 Å². The van der Waals surface area contributed by atoms with Crippen LogP contribution in [0.1, 0.15) is 10.6 Å². The lowest BCUT2D eigenvalue weighted by molar-refractivity contribution is 0.402. The zero-order chi connectivity index (χ0) is 13.2. The number of hydrogen-bond acceptors (Lipinski definition) is 5. The van der Waals surface area contributed by atoms with E-state index in [2.05, 4.69) is 21.2 Å². The molecule has 18 heavy (non-hydrogen) atoms. The van der Waals surface area contributed by atoms with E-state index >= 15 is 0 Å². The highest BCUT2D eigenvalue weighted by molar-refractivity contribution is 9.10. The van der Waals surface area contributed by atoms with Crippen LogP contribution in [-0.4, -0.2) is 8.42 Å². The van der Waals surface area contributed by atoms with E-state index in [1.807, 2.05) is 11.4 Å². The van der Waals surface area contributed by atoms with Gasteiger partial charge in [-0.15, -0.1) is 11.3 Å². The molecule has 8 heteroatoms. The third-order valence-corrected chi connectivity index (χ3v) is 4.62. The van der Waals surface area contributed by atoms with E-state index in [1.165, 1.54) is 10.9 Å². The lowest BCUT2D eigenvalue weighted by Gasteiger charge is -1.99. The maximum atomic E-state index is 11.0. The van der Waals surface area contributed by atoms with Gasteiger partial charge in [0.1, 0.15) is 5.76 Å². The molecule has 0 spiro atoms. The second-order valence-electron chi connectivity index (χ2n) is 3.60. The first-order valence-corrected chi connectivity index (χ1v) is 8.22. The number of rotatable bonds is 5. The van der Waals surface area contributed by atoms with Crippen molar-refractivity contribution in [3.63, 3.8) is 0 Å². The van der Waals surface area contributed by atoms with E-state index in [0.29, 0.717) is 18.8 Å². The average molecular weight is 351 g/mol. The second kappa shape index (κ2) is 5.54. The first-order valence-electron chi connectivity index (χ1n) is 5.00. The molecule has 0 fully saturated rings. The molecule has 2 heterocycles. The van der Waals surface area contributed by atoms with Crippen molar-refractivity contribution < 1.29 is 12.8 Å². The quantitative estimate of drug-likeness (QED) is 0.863. The van der Waals surface area contributed by atoms with Crippen LogP contribution in [0, 0.1) is 0 Å². The highest BCUT2D eigenvalue weighted by atomic mass is 79.9. The number of hydrogen-bond donors (Lipinski definition) is 2. The minimum atomic E-state index is -3.75. The molecule has 0 aliphatic rings. The first-order chi connectivity index (χ1) is 8.45. The number of nitrogens with two attached hydrogens (primary N) is 1. The van der Waals surface area contributed by atoms with Crippen LogP contribution in [0.15, 0.2) is 37.6 Å². The lowest BCUT2D eigenvalue weighted by Crippen LogP contribution is -2.12. The summed E-state index contributed by atoms with van der Waals surface area (Å²) in [5.74, 6) is 0.537. The minimum absolute atomic E-state index is 0.210. The van der Waals surface area contributed by atoms with Crippen LogP contribution < -0.4 is 10.5 Å². The molecule has 3 N–H and O–H groups in total. The first kappa shape index (κ1) is 13.8. The van der Waals surface area contributed by atoms with Gasteiger partial charge in [-0.2, -0.15) is 0 Å². The van der Waals surface area contributed by atoms with Crippen molar-refractivity contribution in [1.82, 2.24) is 5.32 Å². The van der Waals surface area contributed by atoms with Gasteiger partial charge in [0, 0.05) is 21.3 Å². The number of thiophene rings is 1. The van der Waals surface area contributed by atoms with Crippen molar-refractivity contribution >= 4 is 37.3 Å². The van der Waals surface area contributed by atoms with Crippen molar-refractivity contribution in [2.75, 3.05) is 0 Å². The molecule has 5 nitrogen and oxygen atoms in total. The Hall–Kier alpha value is -0.670. The molecule has 0 aliphatic carbocycles. The van der Waals surface area contributed by atoms with E-state index in [4.69, 9.17) is 9.56 Å². The number of halogens is 1. The topological polar surface area (TPSA) is 85.3 Å². The Balaban J connectivity index is 1.89. The van der Waals surface area contributed by atoms with Gasteiger partial charge in [-0.25, -0.2) is 13.6 Å². The molecule has 0 saturated carbocycles. The molecule has 98 valence electrons. The Labute approximate surface area is 117 Å². The summed E-state index contributed by atoms with van der Waals surface area (Å²) < 4.78 is 28.2. The van der Waals surface area contributed by atoms with E-state index in [1.54, 1.807) is 17.4 Å². The summed E-state index contributed by atoms with van der Waals surface area (Å²) in [6, 6.07) is 4.97. The average Bonchev–Trinajstić information content (AvgIpc) is 2.87. The van der Waals surface area contributed by atoms with Gasteiger partial charge in [-0.3, -0.25) is 0 Å². The number of sulfonamides is 1. The highest BCUT2D eigenvalue weighted by Crippen LogP contribution is 2.19. The predicted molar refractivity (Wildman–Crippen MR) is 72.6 cm³/mol. The third kappa shape index (κ3) is 3.66. The van der Waals surface area contributed by atoms with Gasteiger partial charge in [0.25, 0.3) is 10.0 Å². The maximum Gasteiger partial charge on any atom is 0.271 e. The van der Waals surface area contributed by atoms with Crippen LogP contribution >= 0.6 is 27.3 Å². The van der Waals surface area contributed by atoms with Crippen LogP contribution in [0.3, 0.4) is 0 Å². The summed E-state index contributed by atoms with van der Waals surface area (Å²) in [4.78, 5) is 1.18. The third-order valence-electron chi connectivity index (χ3n) is 2.14. The number of nitrogens with one attached hydrogen (secondary N) is 1. The summed E-state index contributed by atoms with van der Waals surface area (Å²) in [5.41, 5.74) is 0. The summed E-state index contributed by atoms with van der Waals surface area (Å²) in [6.07, 6.45) is 0. The van der Waals surface area contributed by atoms with Crippen molar-refractivity contribution in [3.8, 4) is 0 Å². The number of primary sulfonamides is 1. The SMILES string of the molecule is NS(=O)(=O)c1ccc(CNCc2cc(Br)cs2)o1. The van der Waals surface area contributed by atoms with Gasteiger partial charge in [-0.05, 0) is 34.1 Å². The standard InChI is InChI=1S/C10H11BrN2O3S2/c11-7-3-9(17-6-7)5-13-4-8-1-2-10(16-8)18(12,14)15/h1-3,6,13H,4-5H2,(H2,12,14,15). The summed E-state index contributed by atoms with van der Waals surface area (Å²) in [5, 5.41) is 9.90. The van der Waals surface area contributed by atoms with Crippen LogP contribution in [0.25, 0.3) is 0 Å². The van der Waals surface area contributed by atoms with Crippen LogP contribution in [-0.2, 0) is 23.1 Å². The van der Waals surface area contributed by atoms with E-state index < -0.39 is 10.0 Å². The Morgan fingerprint density at radius 2 is 2.17 bits per heavy atom. The molecule has 0 bridgehead atoms. The molecule has 0 atom stereocenters. The largest absolute Gasteiger partial charge is 0.447 e. The predicted octanol–water partition coefficient (Wildman–Crippen LogP) is 2.04. The molecule has 0 amide bonds. The van der Waals surface area contributed by atoms with Crippen LogP contribution in [0.4, 0.5) is 0 Å². The highest BCUT2D eigenvalue weighted by Gasteiger charge is 2.12. The van der Waals surface area contributed by atoms with Crippen molar-refractivity contribution in [1.29, 1.82) is 0 Å². The molecule has 2 rings (SSSR count). The van der Waals surface area contributed by atoms with Crippen molar-refractivity contribution in [2.45, 2.75) is 18.2 Å². The Morgan fingerprint density at radius 1 is 1.39 bits per heavy atom. The molecule has 0 radical (unpaired) electrons. The number of furan rings is 1. The zero-order valence-corrected chi connectivity index (χ0v) is 12.4. The molecular formula is C10H11BrN2O3S2. The molecule has 0 aliphatic heterocycles. The Bertz CT molecular complexity index is 633. The van der Waals surface area contributed by atoms with E-state index in [9.17, 15) is 8.42 Å². The molecule has 0 aromatic carbocycles. The van der Waals surface area contributed by atoms with Crippen LogP contribution in [0.5, 0.6) is 0 Å². The molecule has 0 unspecified atom stereocenters. The fourth-order valence-corrected chi connectivity index (χ4v) is 3.26. The van der Waals surface area contributed by atoms with Gasteiger partial charge in [-0.1, -0.05) is 0 Å². The molecule has 0 saturated heterocycles. The second-order valence-corrected chi connectivity index (χ2v) is 7.00. The minimum Gasteiger partial charge on any atom is -0.447 e. The van der Waals surface area contributed by atoms with E-state index in [-0.39, 0.29) is 5.09 Å². The zero-order valence-electron chi connectivity index (χ0n) is 9.22. The van der Waals surface area contributed by atoms with Gasteiger partial charge in [0.15, 0.2) is 0 Å². The maximum absolute atomic E-state index is 11.0. The Morgan fingerprint density at radius 3 is 2.72 bits per heavy atom. The fraction of sp³-hybridized carbons (Fsp3) is 0.200. The van der Waals surface area contributed by atoms with Gasteiger partial charge < -0.3 is 9.73 Å². The summed E-state index contributed by atoms with van der Waals surface area (Å²) in [6.45, 7) is 1.15. The summed E-state index contributed by atoms with van der Waals surface area (Å²) in [7, 11) is -3.75. The molecular weight excluding hydrogens is 340 g/mol. The lowest BCUT2D eigenvalue weighted by atomic mass is 10.4. The van der Waals surface area contributed by atoms with Gasteiger partial charge >= 0.3 is 0 Å². The van der Waals surface area contributed by atoms with Crippen LogP contribution in [0.2, 0.25) is 0 Å².